The average molecular weight is 120 g/mol. The van der Waals surface area contributed by atoms with Gasteiger partial charge in [-0.1, -0.05) is 12.2 Å². The molecule has 0 aromatic carbocycles. The van der Waals surface area contributed by atoms with Crippen LogP contribution in [-0.2, 0) is 4.79 Å². The third kappa shape index (κ3) is 3.24. The van der Waals surface area contributed by atoms with Crippen LogP contribution >= 0.6 is 0 Å². The Hall–Kier alpha value is -1.36. The summed E-state index contributed by atoms with van der Waals surface area (Å²) in [5.41, 5.74) is 0.0369. The minimum Gasteiger partial charge on any atom is -0.284 e. The lowest BCUT2D eigenvalue weighted by Crippen LogP contribution is -1.76. The van der Waals surface area contributed by atoms with Gasteiger partial charge in [0.25, 0.3) is 0 Å². The molecule has 0 aliphatic heterocycles. The van der Waals surface area contributed by atoms with Gasteiger partial charge in [0.05, 0.1) is 5.57 Å². The molecule has 0 atom stereocenters. The maximum Gasteiger partial charge on any atom is 0.244 e. The zero-order valence-corrected chi connectivity index (χ0v) is 4.92. The number of rotatable bonds is 3. The van der Waals surface area contributed by atoms with Crippen molar-refractivity contribution < 1.29 is 4.79 Å². The fourth-order valence-corrected chi connectivity index (χ4v) is 0.311. The van der Waals surface area contributed by atoms with E-state index in [1.807, 2.05) is 0 Å². The van der Waals surface area contributed by atoms with Gasteiger partial charge in [0.2, 0.25) is 6.29 Å². The number of hydrogen-bond acceptors (Lipinski definition) is 2. The fourth-order valence-electron chi connectivity index (χ4n) is 0.311. The first-order chi connectivity index (χ1) is 4.35. The highest BCUT2D eigenvalue weighted by Gasteiger charge is 1.87. The number of hydrogen-bond donors (Lipinski definition) is 0. The van der Waals surface area contributed by atoms with Crippen LogP contribution in [0.5, 0.6) is 0 Å². The molecule has 2 nitrogen and oxygen atoms in total. The molecule has 0 saturated carbocycles. The van der Waals surface area contributed by atoms with E-state index in [4.69, 9.17) is 5.26 Å². The topological polar surface area (TPSA) is 40.9 Å². The summed E-state index contributed by atoms with van der Waals surface area (Å²) in [5.74, 6) is 0. The molecule has 0 spiro atoms. The van der Waals surface area contributed by atoms with Crippen LogP contribution in [0.2, 0.25) is 0 Å². The van der Waals surface area contributed by atoms with Gasteiger partial charge in [0.15, 0.2) is 0 Å². The van der Waals surface area contributed by atoms with E-state index >= 15 is 0 Å². The predicted molar refractivity (Wildman–Crippen MR) is 34.2 cm³/mol. The van der Waals surface area contributed by atoms with E-state index in [2.05, 4.69) is 6.58 Å². The first-order valence-electron chi connectivity index (χ1n) is 2.44. The van der Waals surface area contributed by atoms with Gasteiger partial charge in [0, 0.05) is 0 Å². The van der Waals surface area contributed by atoms with E-state index in [-0.39, 0.29) is 5.57 Å². The predicted octanol–water partition coefficient (Wildman–Crippen LogP) is 1.12. The van der Waals surface area contributed by atoms with Crippen molar-refractivity contribution in [3.05, 3.63) is 24.3 Å². The molecule has 0 unspecified atom stereocenters. The summed E-state index contributed by atoms with van der Waals surface area (Å²) in [6, 6.07) is 1.68. The molecular weight excluding hydrogens is 114 g/mol. The third-order valence-corrected chi connectivity index (χ3v) is 0.719. The zero-order valence-electron chi connectivity index (χ0n) is 4.92. The van der Waals surface area contributed by atoms with E-state index in [1.54, 1.807) is 12.1 Å². The second-order valence-corrected chi connectivity index (χ2v) is 1.36. The maximum atomic E-state index is 9.79. The van der Waals surface area contributed by atoms with Crippen LogP contribution in [0.25, 0.3) is 0 Å². The molecule has 0 heterocycles. The lowest BCUT2D eigenvalue weighted by molar-refractivity contribution is 0.563. The molecule has 0 aromatic heterocycles. The van der Waals surface area contributed by atoms with Gasteiger partial charge in [-0.3, -0.25) is 4.79 Å². The Morgan fingerprint density at radius 3 is 2.78 bits per heavy atom. The van der Waals surface area contributed by atoms with Crippen LogP contribution in [0.3, 0.4) is 0 Å². The number of nitriles is 1. The number of allylic oxidation sites excluding steroid dienone is 3. The Balaban J connectivity index is 3.94. The molecule has 0 aliphatic rings. The van der Waals surface area contributed by atoms with Gasteiger partial charge in [-0.05, 0) is 6.42 Å². The van der Waals surface area contributed by atoms with Crippen LogP contribution in [0.15, 0.2) is 24.3 Å². The SMILES string of the molecule is C=CCC=C([C]=O)C#N. The van der Waals surface area contributed by atoms with Gasteiger partial charge >= 0.3 is 0 Å². The summed E-state index contributed by atoms with van der Waals surface area (Å²) in [7, 11) is 0. The van der Waals surface area contributed by atoms with E-state index in [0.717, 1.165) is 0 Å². The first-order valence-corrected chi connectivity index (χ1v) is 2.44. The summed E-state index contributed by atoms with van der Waals surface area (Å²) in [4.78, 5) is 9.79. The molecule has 0 saturated heterocycles. The molecule has 9 heavy (non-hydrogen) atoms. The van der Waals surface area contributed by atoms with Gasteiger partial charge < -0.3 is 0 Å². The van der Waals surface area contributed by atoms with Crippen molar-refractivity contribution in [3.8, 4) is 6.07 Å². The average Bonchev–Trinajstić information content (AvgIpc) is 1.91. The molecule has 45 valence electrons. The highest BCUT2D eigenvalue weighted by molar-refractivity contribution is 5.79. The van der Waals surface area contributed by atoms with E-state index in [0.29, 0.717) is 6.42 Å². The highest BCUT2D eigenvalue weighted by atomic mass is 16.1. The summed E-state index contributed by atoms with van der Waals surface area (Å²) in [6.45, 7) is 3.42. The van der Waals surface area contributed by atoms with Crippen LogP contribution in [0.4, 0.5) is 0 Å². The lowest BCUT2D eigenvalue weighted by Gasteiger charge is -1.77. The van der Waals surface area contributed by atoms with Gasteiger partial charge in [0.1, 0.15) is 6.07 Å². The van der Waals surface area contributed by atoms with Gasteiger partial charge in [-0.15, -0.1) is 6.58 Å². The Morgan fingerprint density at radius 2 is 2.44 bits per heavy atom. The summed E-state index contributed by atoms with van der Waals surface area (Å²) >= 11 is 0. The smallest absolute Gasteiger partial charge is 0.244 e. The van der Waals surface area contributed by atoms with Crippen LogP contribution in [-0.4, -0.2) is 6.29 Å². The monoisotopic (exact) mass is 120 g/mol. The molecule has 0 fully saturated rings. The van der Waals surface area contributed by atoms with Crippen LogP contribution < -0.4 is 0 Å². The molecule has 0 bridgehead atoms. The second kappa shape index (κ2) is 4.79. The standard InChI is InChI=1S/C7H6NO/c1-2-3-4-7(5-8)6-9/h2,4H,1,3H2. The van der Waals surface area contributed by atoms with Gasteiger partial charge in [-0.25, -0.2) is 0 Å². The molecule has 0 aromatic rings. The maximum absolute atomic E-state index is 9.79. The molecule has 1 radical (unpaired) electrons. The zero-order chi connectivity index (χ0) is 7.11. The Kier molecular flexibility index (Phi) is 4.07. The van der Waals surface area contributed by atoms with Crippen molar-refractivity contribution in [1.82, 2.24) is 0 Å². The second-order valence-electron chi connectivity index (χ2n) is 1.36. The Morgan fingerprint density at radius 1 is 1.78 bits per heavy atom. The van der Waals surface area contributed by atoms with Crippen LogP contribution in [0, 0.1) is 11.3 Å². The molecule has 2 heteroatoms. The van der Waals surface area contributed by atoms with Crippen molar-refractivity contribution in [3.63, 3.8) is 0 Å². The Labute approximate surface area is 54.1 Å². The lowest BCUT2D eigenvalue weighted by atomic mass is 10.2. The largest absolute Gasteiger partial charge is 0.284 e. The summed E-state index contributed by atoms with van der Waals surface area (Å²) in [6.07, 6.45) is 5.11. The van der Waals surface area contributed by atoms with Crippen LogP contribution in [0.1, 0.15) is 6.42 Å². The third-order valence-electron chi connectivity index (χ3n) is 0.719. The summed E-state index contributed by atoms with van der Waals surface area (Å²) < 4.78 is 0. The minimum atomic E-state index is 0.0369. The normalized spacial score (nSPS) is 9.89. The molecular formula is C7H6NO. The number of nitrogens with zero attached hydrogens (tertiary/aromatic N) is 1. The number of carbonyl (C=O) groups excluding carboxylic acids is 1. The fraction of sp³-hybridized carbons (Fsp3) is 0.143. The van der Waals surface area contributed by atoms with E-state index < -0.39 is 0 Å². The molecule has 0 amide bonds. The van der Waals surface area contributed by atoms with Crippen molar-refractivity contribution in [2.75, 3.05) is 0 Å². The highest BCUT2D eigenvalue weighted by Crippen LogP contribution is 1.90. The molecule has 0 rings (SSSR count). The van der Waals surface area contributed by atoms with Crippen molar-refractivity contribution in [2.45, 2.75) is 6.42 Å². The summed E-state index contributed by atoms with van der Waals surface area (Å²) in [5, 5.41) is 8.14. The van der Waals surface area contributed by atoms with Crippen molar-refractivity contribution in [1.29, 1.82) is 5.26 Å². The minimum absolute atomic E-state index is 0.0369. The molecule has 0 N–H and O–H groups in total. The first kappa shape index (κ1) is 7.64. The molecule has 0 aliphatic carbocycles. The van der Waals surface area contributed by atoms with Crippen molar-refractivity contribution >= 4 is 6.29 Å². The quantitative estimate of drug-likeness (QED) is 0.318. The van der Waals surface area contributed by atoms with Crippen molar-refractivity contribution in [2.24, 2.45) is 0 Å². The van der Waals surface area contributed by atoms with Gasteiger partial charge in [-0.2, -0.15) is 5.26 Å². The van der Waals surface area contributed by atoms with E-state index in [1.165, 1.54) is 12.4 Å². The van der Waals surface area contributed by atoms with E-state index in [9.17, 15) is 4.79 Å². The Bertz CT molecular complexity index is 174.